The lowest BCUT2D eigenvalue weighted by Crippen LogP contribution is -2.38. The van der Waals surface area contributed by atoms with E-state index in [1.54, 1.807) is 31.4 Å². The van der Waals surface area contributed by atoms with Crippen LogP contribution in [0.3, 0.4) is 0 Å². The van der Waals surface area contributed by atoms with Gasteiger partial charge in [0.1, 0.15) is 12.7 Å². The highest BCUT2D eigenvalue weighted by Gasteiger charge is 2.35. The first-order valence-electron chi connectivity index (χ1n) is 7.50. The third kappa shape index (κ3) is 3.25. The predicted octanol–water partition coefficient (Wildman–Crippen LogP) is 1.14. The fourth-order valence-electron chi connectivity index (χ4n) is 2.92. The molecule has 1 aliphatic heterocycles. The lowest BCUT2D eigenvalue weighted by atomic mass is 10.1. The zero-order valence-corrected chi connectivity index (χ0v) is 13.3. The number of amides is 1. The lowest BCUT2D eigenvalue weighted by Gasteiger charge is -2.24. The summed E-state index contributed by atoms with van der Waals surface area (Å²) < 4.78 is 12.4. The lowest BCUT2D eigenvalue weighted by molar-refractivity contribution is 0.0612. The molecule has 1 aliphatic rings. The summed E-state index contributed by atoms with van der Waals surface area (Å²) in [6, 6.07) is 7.45. The van der Waals surface area contributed by atoms with Gasteiger partial charge in [-0.25, -0.2) is 0 Å². The van der Waals surface area contributed by atoms with Crippen LogP contribution in [0, 0.1) is 0 Å². The Balaban J connectivity index is 1.76. The summed E-state index contributed by atoms with van der Waals surface area (Å²) in [6.07, 6.45) is 4.11. The number of benzene rings is 1. The molecule has 23 heavy (non-hydrogen) atoms. The van der Waals surface area contributed by atoms with Crippen molar-refractivity contribution in [2.75, 3.05) is 27.4 Å². The molecule has 0 bridgehead atoms. The molecule has 1 aromatic heterocycles. The summed E-state index contributed by atoms with van der Waals surface area (Å²) in [6.45, 7) is 1.11. The van der Waals surface area contributed by atoms with Crippen LogP contribution in [0.1, 0.15) is 16.8 Å². The molecule has 1 saturated heterocycles. The van der Waals surface area contributed by atoms with Gasteiger partial charge in [-0.1, -0.05) is 0 Å². The standard InChI is InChI=1S/C16H20N4O3/c1-22-9-14-7-15(23-2)8-20(14)16(21)12-3-5-13(6-4-12)19-10-17-18-11-19/h3-6,10-11,14-15H,7-9H2,1-2H3/t14-,15-/m0/s1. The number of likely N-dealkylation sites (tertiary alicyclic amines) is 1. The van der Waals surface area contributed by atoms with E-state index in [1.165, 1.54) is 0 Å². The largest absolute Gasteiger partial charge is 0.383 e. The summed E-state index contributed by atoms with van der Waals surface area (Å²) in [5.41, 5.74) is 1.57. The van der Waals surface area contributed by atoms with Gasteiger partial charge in [-0.15, -0.1) is 10.2 Å². The predicted molar refractivity (Wildman–Crippen MR) is 83.5 cm³/mol. The molecular weight excluding hydrogens is 296 g/mol. The van der Waals surface area contributed by atoms with Gasteiger partial charge in [0.15, 0.2) is 0 Å². The van der Waals surface area contributed by atoms with Gasteiger partial charge in [0.2, 0.25) is 0 Å². The highest BCUT2D eigenvalue weighted by Crippen LogP contribution is 2.23. The molecule has 0 radical (unpaired) electrons. The summed E-state index contributed by atoms with van der Waals surface area (Å²) >= 11 is 0. The number of hydrogen-bond acceptors (Lipinski definition) is 5. The average Bonchev–Trinajstić information content (AvgIpc) is 3.24. The molecule has 2 atom stereocenters. The molecule has 0 spiro atoms. The van der Waals surface area contributed by atoms with E-state index < -0.39 is 0 Å². The molecule has 0 aliphatic carbocycles. The average molecular weight is 316 g/mol. The Bertz CT molecular complexity index is 642. The number of rotatable bonds is 5. The van der Waals surface area contributed by atoms with Crippen LogP contribution >= 0.6 is 0 Å². The minimum Gasteiger partial charge on any atom is -0.383 e. The second kappa shape index (κ2) is 6.89. The fraction of sp³-hybridized carbons (Fsp3) is 0.438. The van der Waals surface area contributed by atoms with Gasteiger partial charge in [0, 0.05) is 32.0 Å². The van der Waals surface area contributed by atoms with Crippen LogP contribution in [0.5, 0.6) is 0 Å². The molecule has 2 heterocycles. The second-order valence-corrected chi connectivity index (χ2v) is 5.58. The molecule has 0 N–H and O–H groups in total. The Morgan fingerprint density at radius 1 is 1.22 bits per heavy atom. The molecule has 1 amide bonds. The van der Waals surface area contributed by atoms with Crippen LogP contribution < -0.4 is 0 Å². The molecule has 0 unspecified atom stereocenters. The van der Waals surface area contributed by atoms with Crippen LogP contribution in [0.4, 0.5) is 0 Å². The highest BCUT2D eigenvalue weighted by molar-refractivity contribution is 5.94. The second-order valence-electron chi connectivity index (χ2n) is 5.58. The van der Waals surface area contributed by atoms with Gasteiger partial charge in [0.05, 0.1) is 18.8 Å². The first kappa shape index (κ1) is 15.6. The first-order chi connectivity index (χ1) is 11.2. The van der Waals surface area contributed by atoms with Gasteiger partial charge in [-0.05, 0) is 30.7 Å². The number of ether oxygens (including phenoxy) is 2. The van der Waals surface area contributed by atoms with E-state index in [0.29, 0.717) is 18.7 Å². The molecule has 2 aromatic rings. The minimum atomic E-state index is 0.00176. The Labute approximate surface area is 134 Å². The van der Waals surface area contributed by atoms with Gasteiger partial charge >= 0.3 is 0 Å². The zero-order chi connectivity index (χ0) is 16.2. The Kier molecular flexibility index (Phi) is 4.68. The number of nitrogens with zero attached hydrogens (tertiary/aromatic N) is 4. The molecule has 3 rings (SSSR count). The van der Waals surface area contributed by atoms with E-state index in [-0.39, 0.29) is 18.1 Å². The van der Waals surface area contributed by atoms with E-state index in [9.17, 15) is 4.79 Å². The number of carbonyl (C=O) groups excluding carboxylic acids is 1. The normalized spacial score (nSPS) is 20.9. The molecule has 7 heteroatoms. The smallest absolute Gasteiger partial charge is 0.254 e. The van der Waals surface area contributed by atoms with Crippen LogP contribution in [-0.2, 0) is 9.47 Å². The van der Waals surface area contributed by atoms with Gasteiger partial charge < -0.3 is 14.4 Å². The van der Waals surface area contributed by atoms with Crippen molar-refractivity contribution in [1.82, 2.24) is 19.7 Å². The summed E-state index contributed by atoms with van der Waals surface area (Å²) in [7, 11) is 3.33. The molecule has 122 valence electrons. The number of aromatic nitrogens is 3. The van der Waals surface area contributed by atoms with Crippen molar-refractivity contribution in [3.8, 4) is 5.69 Å². The van der Waals surface area contributed by atoms with Gasteiger partial charge in [-0.2, -0.15) is 0 Å². The third-order valence-corrected chi connectivity index (χ3v) is 4.16. The van der Waals surface area contributed by atoms with Crippen molar-refractivity contribution in [1.29, 1.82) is 0 Å². The van der Waals surface area contributed by atoms with Crippen molar-refractivity contribution in [2.24, 2.45) is 0 Å². The van der Waals surface area contributed by atoms with E-state index in [4.69, 9.17) is 9.47 Å². The monoisotopic (exact) mass is 316 g/mol. The summed E-state index contributed by atoms with van der Waals surface area (Å²) in [5, 5.41) is 7.55. The van der Waals surface area contributed by atoms with Crippen molar-refractivity contribution >= 4 is 5.91 Å². The van der Waals surface area contributed by atoms with E-state index in [0.717, 1.165) is 12.1 Å². The van der Waals surface area contributed by atoms with Crippen molar-refractivity contribution in [3.63, 3.8) is 0 Å². The SMILES string of the molecule is COC[C@@H]1C[C@H](OC)CN1C(=O)c1ccc(-n2cnnc2)cc1. The minimum absolute atomic E-state index is 0.00176. The van der Waals surface area contributed by atoms with Crippen LogP contribution in [0.2, 0.25) is 0 Å². The molecule has 7 nitrogen and oxygen atoms in total. The van der Waals surface area contributed by atoms with E-state index in [1.807, 2.05) is 29.2 Å². The molecular formula is C16H20N4O3. The topological polar surface area (TPSA) is 69.5 Å². The fourth-order valence-corrected chi connectivity index (χ4v) is 2.92. The number of carbonyl (C=O) groups is 1. The number of methoxy groups -OCH3 is 2. The van der Waals surface area contributed by atoms with Crippen molar-refractivity contribution in [2.45, 2.75) is 18.6 Å². The van der Waals surface area contributed by atoms with E-state index >= 15 is 0 Å². The Morgan fingerprint density at radius 3 is 2.52 bits per heavy atom. The first-order valence-corrected chi connectivity index (χ1v) is 7.50. The van der Waals surface area contributed by atoms with Crippen molar-refractivity contribution in [3.05, 3.63) is 42.5 Å². The molecule has 1 fully saturated rings. The van der Waals surface area contributed by atoms with Crippen LogP contribution in [-0.4, -0.2) is 65.1 Å². The summed E-state index contributed by atoms with van der Waals surface area (Å²) in [5.74, 6) is 0.00176. The summed E-state index contributed by atoms with van der Waals surface area (Å²) in [4.78, 5) is 14.6. The highest BCUT2D eigenvalue weighted by atomic mass is 16.5. The maximum absolute atomic E-state index is 12.8. The van der Waals surface area contributed by atoms with Gasteiger partial charge in [0.25, 0.3) is 5.91 Å². The molecule has 1 aromatic carbocycles. The van der Waals surface area contributed by atoms with Crippen molar-refractivity contribution < 1.29 is 14.3 Å². The van der Waals surface area contributed by atoms with E-state index in [2.05, 4.69) is 10.2 Å². The molecule has 0 saturated carbocycles. The number of hydrogen-bond donors (Lipinski definition) is 0. The Hall–Kier alpha value is -2.25. The maximum atomic E-state index is 12.8. The Morgan fingerprint density at radius 2 is 1.91 bits per heavy atom. The van der Waals surface area contributed by atoms with Gasteiger partial charge in [-0.3, -0.25) is 9.36 Å². The maximum Gasteiger partial charge on any atom is 0.254 e. The quantitative estimate of drug-likeness (QED) is 0.827. The van der Waals surface area contributed by atoms with Crippen LogP contribution in [0.25, 0.3) is 5.69 Å². The zero-order valence-electron chi connectivity index (χ0n) is 13.3. The van der Waals surface area contributed by atoms with Crippen LogP contribution in [0.15, 0.2) is 36.9 Å². The third-order valence-electron chi connectivity index (χ3n) is 4.16.